The fourth-order valence-electron chi connectivity index (χ4n) is 5.23. The maximum Gasteiger partial charge on any atom is 0.410 e. The molecule has 218 valence electrons. The van der Waals surface area contributed by atoms with E-state index in [9.17, 15) is 14.0 Å². The first-order valence-corrected chi connectivity index (χ1v) is 13.4. The third-order valence-corrected chi connectivity index (χ3v) is 6.91. The fourth-order valence-corrected chi connectivity index (χ4v) is 5.23. The number of methoxy groups -OCH3 is 1. The molecule has 3 aromatic heterocycles. The number of rotatable bonds is 4. The van der Waals surface area contributed by atoms with Crippen LogP contribution in [0.5, 0.6) is 6.01 Å². The Morgan fingerprint density at radius 1 is 1.14 bits per heavy atom. The van der Waals surface area contributed by atoms with E-state index in [0.717, 1.165) is 5.69 Å². The molecule has 4 aromatic rings. The summed E-state index contributed by atoms with van der Waals surface area (Å²) in [4.78, 5) is 43.1. The molecule has 5 rings (SSSR count). The number of imidazole rings is 1. The molecule has 11 nitrogen and oxygen atoms in total. The number of terminal acetylenes is 1. The monoisotopic (exact) mass is 573 g/mol. The largest absolute Gasteiger partial charge is 0.467 e. The highest BCUT2D eigenvalue weighted by molar-refractivity contribution is 6.13. The van der Waals surface area contributed by atoms with Gasteiger partial charge in [0.15, 0.2) is 11.5 Å². The van der Waals surface area contributed by atoms with Crippen molar-refractivity contribution >= 4 is 39.9 Å². The van der Waals surface area contributed by atoms with Gasteiger partial charge in [-0.25, -0.2) is 19.2 Å². The fraction of sp³-hybridized carbons (Fsp3) is 0.367. The number of halogens is 1. The van der Waals surface area contributed by atoms with Gasteiger partial charge in [-0.2, -0.15) is 4.98 Å². The molecule has 2 amide bonds. The quantitative estimate of drug-likeness (QED) is 0.355. The van der Waals surface area contributed by atoms with Crippen LogP contribution >= 0.6 is 0 Å². The van der Waals surface area contributed by atoms with Gasteiger partial charge >= 0.3 is 12.1 Å². The van der Waals surface area contributed by atoms with E-state index >= 15 is 0 Å². The zero-order valence-corrected chi connectivity index (χ0v) is 24.3. The number of ether oxygens (including phenoxy) is 2. The lowest BCUT2D eigenvalue weighted by molar-refractivity contribution is 0.00566. The lowest BCUT2D eigenvalue weighted by atomic mass is 10.0. The minimum Gasteiger partial charge on any atom is -0.467 e. The van der Waals surface area contributed by atoms with Crippen molar-refractivity contribution in [2.24, 2.45) is 0 Å². The predicted octanol–water partition coefficient (Wildman–Crippen LogP) is 4.49. The first-order valence-electron chi connectivity index (χ1n) is 13.4. The Labute approximate surface area is 242 Å². The molecule has 42 heavy (non-hydrogen) atoms. The first kappa shape index (κ1) is 28.6. The normalized spacial score (nSPS) is 17.3. The average Bonchev–Trinajstić information content (AvgIpc) is 3.34. The van der Waals surface area contributed by atoms with Crippen LogP contribution in [0.2, 0.25) is 0 Å². The van der Waals surface area contributed by atoms with E-state index in [-0.39, 0.29) is 46.8 Å². The van der Waals surface area contributed by atoms with Crippen LogP contribution in [-0.4, -0.2) is 74.1 Å². The van der Waals surface area contributed by atoms with Crippen molar-refractivity contribution in [2.75, 3.05) is 30.4 Å². The van der Waals surface area contributed by atoms with Crippen LogP contribution in [0.1, 0.15) is 50.7 Å². The molecule has 0 radical (unpaired) electrons. The number of anilines is 2. The van der Waals surface area contributed by atoms with Gasteiger partial charge < -0.3 is 24.1 Å². The van der Waals surface area contributed by atoms with E-state index in [1.54, 1.807) is 17.2 Å². The summed E-state index contributed by atoms with van der Waals surface area (Å²) >= 11 is 0. The number of carbonyl (C=O) groups excluding carboxylic acids is 2. The van der Waals surface area contributed by atoms with Gasteiger partial charge in [0, 0.05) is 48.8 Å². The van der Waals surface area contributed by atoms with Crippen LogP contribution in [0.15, 0.2) is 36.8 Å². The molecule has 1 saturated heterocycles. The van der Waals surface area contributed by atoms with Crippen LogP contribution in [0.3, 0.4) is 0 Å². The zero-order valence-electron chi connectivity index (χ0n) is 24.3. The summed E-state index contributed by atoms with van der Waals surface area (Å²) in [6.45, 7) is 10.5. The molecule has 1 N–H and O–H groups in total. The van der Waals surface area contributed by atoms with Gasteiger partial charge in [-0.05, 0) is 52.7 Å². The maximum absolute atomic E-state index is 14.7. The van der Waals surface area contributed by atoms with E-state index in [1.807, 2.05) is 40.7 Å². The van der Waals surface area contributed by atoms with Crippen molar-refractivity contribution in [1.29, 1.82) is 0 Å². The number of nitrogens with zero attached hydrogens (tertiary/aromatic N) is 6. The van der Waals surface area contributed by atoms with Gasteiger partial charge in [-0.3, -0.25) is 9.69 Å². The maximum atomic E-state index is 14.7. The number of carbonyl (C=O) groups is 2. The van der Waals surface area contributed by atoms with Crippen molar-refractivity contribution in [2.45, 2.75) is 52.3 Å². The standard InChI is InChI=1S/C30H32FN7O4/c1-8-19-15-37-16-20(11-23(31)26(37)33-19)34-27(39)21-9-10-24(22-12-32-28(41-7)35-25(21)22)36-13-17(2)38(18(3)14-36)29(40)42-30(4,5)6/h1,9-12,15-18H,13-14H2,2-7H3,(H,34,39)/t17-,18+. The van der Waals surface area contributed by atoms with Gasteiger partial charge in [0.1, 0.15) is 11.3 Å². The Morgan fingerprint density at radius 3 is 2.50 bits per heavy atom. The second-order valence-electron chi connectivity index (χ2n) is 11.3. The van der Waals surface area contributed by atoms with Crippen LogP contribution in [-0.2, 0) is 4.74 Å². The summed E-state index contributed by atoms with van der Waals surface area (Å²) in [6, 6.07) is 4.47. The second kappa shape index (κ2) is 10.8. The summed E-state index contributed by atoms with van der Waals surface area (Å²) in [5, 5.41) is 3.37. The van der Waals surface area contributed by atoms with Crippen molar-refractivity contribution < 1.29 is 23.5 Å². The minimum atomic E-state index is -0.632. The average molecular weight is 574 g/mol. The molecular formula is C30H32FN7O4. The van der Waals surface area contributed by atoms with Gasteiger partial charge in [0.2, 0.25) is 0 Å². The molecule has 1 aromatic carbocycles. The molecule has 0 bridgehead atoms. The van der Waals surface area contributed by atoms with E-state index < -0.39 is 17.3 Å². The van der Waals surface area contributed by atoms with Gasteiger partial charge in [-0.1, -0.05) is 0 Å². The molecule has 4 heterocycles. The number of piperazine rings is 1. The predicted molar refractivity (Wildman–Crippen MR) is 156 cm³/mol. The summed E-state index contributed by atoms with van der Waals surface area (Å²) in [5.41, 5.74) is 1.37. The van der Waals surface area contributed by atoms with Crippen LogP contribution in [0, 0.1) is 18.2 Å². The van der Waals surface area contributed by atoms with E-state index in [0.29, 0.717) is 24.0 Å². The molecule has 0 unspecified atom stereocenters. The topological polar surface area (TPSA) is 114 Å². The van der Waals surface area contributed by atoms with Gasteiger partial charge in [0.05, 0.1) is 36.0 Å². The lowest BCUT2D eigenvalue weighted by Crippen LogP contribution is -2.59. The van der Waals surface area contributed by atoms with Crippen molar-refractivity contribution in [3.05, 3.63) is 53.9 Å². The summed E-state index contributed by atoms with van der Waals surface area (Å²) in [5.74, 6) is 1.24. The van der Waals surface area contributed by atoms with E-state index in [2.05, 4.69) is 31.1 Å². The third-order valence-electron chi connectivity index (χ3n) is 6.91. The Hall–Kier alpha value is -4.92. The molecule has 0 spiro atoms. The smallest absolute Gasteiger partial charge is 0.410 e. The Kier molecular flexibility index (Phi) is 7.36. The molecular weight excluding hydrogens is 541 g/mol. The molecule has 12 heteroatoms. The number of pyridine rings is 1. The second-order valence-corrected chi connectivity index (χ2v) is 11.3. The summed E-state index contributed by atoms with van der Waals surface area (Å²) in [6.07, 6.45) is 9.68. The first-order chi connectivity index (χ1) is 19.9. The number of nitrogens with one attached hydrogen (secondary N) is 1. The van der Waals surface area contributed by atoms with Crippen molar-refractivity contribution in [1.82, 2.24) is 24.3 Å². The Balaban J connectivity index is 1.46. The van der Waals surface area contributed by atoms with Crippen molar-refractivity contribution in [3.8, 4) is 18.4 Å². The number of fused-ring (bicyclic) bond motifs is 2. The van der Waals surface area contributed by atoms with E-state index in [4.69, 9.17) is 15.9 Å². The van der Waals surface area contributed by atoms with Crippen molar-refractivity contribution in [3.63, 3.8) is 0 Å². The van der Waals surface area contributed by atoms with Crippen LogP contribution in [0.25, 0.3) is 16.6 Å². The Bertz CT molecular complexity index is 1730. The number of amides is 2. The highest BCUT2D eigenvalue weighted by Gasteiger charge is 2.36. The zero-order chi connectivity index (χ0) is 30.3. The van der Waals surface area contributed by atoms with E-state index in [1.165, 1.54) is 30.0 Å². The number of hydrogen-bond donors (Lipinski definition) is 1. The molecule has 2 atom stereocenters. The SMILES string of the molecule is C#Cc1cn2cc(NC(=O)c3ccc(N4C[C@@H](C)N(C(=O)OC(C)(C)C)[C@@H](C)C4)c4cnc(OC)nc34)cc(F)c2n1. The molecule has 0 saturated carbocycles. The van der Waals surface area contributed by atoms with Crippen LogP contribution in [0.4, 0.5) is 20.6 Å². The molecule has 0 aliphatic carbocycles. The molecule has 1 aliphatic heterocycles. The van der Waals surface area contributed by atoms with Gasteiger partial charge in [0.25, 0.3) is 5.91 Å². The highest BCUT2D eigenvalue weighted by atomic mass is 19.1. The minimum absolute atomic E-state index is 0.0588. The number of hydrogen-bond acceptors (Lipinski definition) is 8. The number of aromatic nitrogens is 4. The van der Waals surface area contributed by atoms with Crippen LogP contribution < -0.4 is 15.0 Å². The number of benzene rings is 1. The van der Waals surface area contributed by atoms with Gasteiger partial charge in [-0.15, -0.1) is 6.42 Å². The molecule has 1 fully saturated rings. The molecule has 1 aliphatic rings. The summed E-state index contributed by atoms with van der Waals surface area (Å²) in [7, 11) is 1.44. The summed E-state index contributed by atoms with van der Waals surface area (Å²) < 4.78 is 27.0. The lowest BCUT2D eigenvalue weighted by Gasteiger charge is -2.45. The third kappa shape index (κ3) is 5.50. The Morgan fingerprint density at radius 2 is 1.86 bits per heavy atom. The highest BCUT2D eigenvalue weighted by Crippen LogP contribution is 2.33.